The molecule has 6 nitrogen and oxygen atoms in total. The van der Waals surface area contributed by atoms with Gasteiger partial charge >= 0.3 is 5.76 Å². The second kappa shape index (κ2) is 4.86. The molecule has 1 unspecified atom stereocenters. The van der Waals surface area contributed by atoms with Crippen LogP contribution in [0, 0.1) is 0 Å². The van der Waals surface area contributed by atoms with Crippen molar-refractivity contribution >= 4 is 22.5 Å². The summed E-state index contributed by atoms with van der Waals surface area (Å²) in [5.41, 5.74) is 8.94. The molecule has 0 aliphatic carbocycles. The Morgan fingerprint density at radius 3 is 2.95 bits per heavy atom. The van der Waals surface area contributed by atoms with Crippen LogP contribution in [0.4, 0.5) is 11.4 Å². The molecular weight excluding hydrogens is 256 g/mol. The topological polar surface area (TPSA) is 78.5 Å². The smallest absolute Gasteiger partial charge is 0.408 e. The van der Waals surface area contributed by atoms with Gasteiger partial charge in [-0.05, 0) is 19.5 Å². The molecule has 3 N–H and O–H groups in total. The number of hydrogen-bond donors (Lipinski definition) is 2. The molecule has 0 spiro atoms. The van der Waals surface area contributed by atoms with Crippen molar-refractivity contribution in [1.82, 2.24) is 9.88 Å². The third-order valence-corrected chi connectivity index (χ3v) is 4.08. The van der Waals surface area contributed by atoms with E-state index in [-0.39, 0.29) is 0 Å². The molecule has 6 heteroatoms. The van der Waals surface area contributed by atoms with Crippen molar-refractivity contribution in [3.05, 3.63) is 22.7 Å². The van der Waals surface area contributed by atoms with Crippen LogP contribution in [0.5, 0.6) is 0 Å². The lowest BCUT2D eigenvalue weighted by Gasteiger charge is -2.40. The first-order valence-electron chi connectivity index (χ1n) is 7.00. The average Bonchev–Trinajstić information content (AvgIpc) is 2.76. The normalized spacial score (nSPS) is 20.7. The highest BCUT2D eigenvalue weighted by Crippen LogP contribution is 2.29. The van der Waals surface area contributed by atoms with Crippen LogP contribution in [-0.2, 0) is 0 Å². The van der Waals surface area contributed by atoms with Gasteiger partial charge in [0.1, 0.15) is 0 Å². The second-order valence-electron chi connectivity index (χ2n) is 5.35. The van der Waals surface area contributed by atoms with Crippen LogP contribution in [0.2, 0.25) is 0 Å². The Hall–Kier alpha value is -1.95. The summed E-state index contributed by atoms with van der Waals surface area (Å²) in [6.45, 7) is 8.38. The Morgan fingerprint density at radius 1 is 1.45 bits per heavy atom. The lowest BCUT2D eigenvalue weighted by atomic mass is 10.1. The van der Waals surface area contributed by atoms with Gasteiger partial charge in [0.05, 0.1) is 16.9 Å². The van der Waals surface area contributed by atoms with Gasteiger partial charge in [-0.2, -0.15) is 0 Å². The van der Waals surface area contributed by atoms with Crippen molar-refractivity contribution in [3.63, 3.8) is 0 Å². The van der Waals surface area contributed by atoms with Gasteiger partial charge in [-0.1, -0.05) is 6.92 Å². The predicted octanol–water partition coefficient (Wildman–Crippen LogP) is 1.23. The van der Waals surface area contributed by atoms with E-state index < -0.39 is 5.76 Å². The van der Waals surface area contributed by atoms with E-state index in [0.29, 0.717) is 22.8 Å². The van der Waals surface area contributed by atoms with Gasteiger partial charge in [0, 0.05) is 31.7 Å². The maximum absolute atomic E-state index is 11.2. The molecule has 1 fully saturated rings. The Kier molecular flexibility index (Phi) is 3.17. The number of hydrogen-bond acceptors (Lipinski definition) is 5. The maximum atomic E-state index is 11.2. The number of nitrogen functional groups attached to an aromatic ring is 1. The summed E-state index contributed by atoms with van der Waals surface area (Å²) >= 11 is 0. The number of rotatable bonds is 2. The summed E-state index contributed by atoms with van der Waals surface area (Å²) in [7, 11) is 0. The van der Waals surface area contributed by atoms with Crippen LogP contribution in [0.3, 0.4) is 0 Å². The van der Waals surface area contributed by atoms with E-state index in [1.807, 2.05) is 6.07 Å². The zero-order chi connectivity index (χ0) is 14.3. The number of aromatic nitrogens is 1. The largest absolute Gasteiger partial charge is 0.417 e. The van der Waals surface area contributed by atoms with E-state index >= 15 is 0 Å². The molecule has 1 aliphatic rings. The van der Waals surface area contributed by atoms with Gasteiger partial charge in [-0.3, -0.25) is 9.88 Å². The Labute approximate surface area is 117 Å². The minimum absolute atomic E-state index is 0.444. The van der Waals surface area contributed by atoms with E-state index in [1.165, 1.54) is 0 Å². The van der Waals surface area contributed by atoms with E-state index in [4.69, 9.17) is 10.2 Å². The number of aromatic amines is 1. The third-order valence-electron chi connectivity index (χ3n) is 4.08. The Bertz CT molecular complexity index is 675. The van der Waals surface area contributed by atoms with Crippen LogP contribution in [0.1, 0.15) is 13.8 Å². The van der Waals surface area contributed by atoms with Crippen molar-refractivity contribution < 1.29 is 4.42 Å². The molecule has 1 aromatic heterocycles. The summed E-state index contributed by atoms with van der Waals surface area (Å²) in [4.78, 5) is 18.6. The fourth-order valence-electron chi connectivity index (χ4n) is 2.96. The molecule has 2 aromatic rings. The molecule has 0 amide bonds. The Balaban J connectivity index is 1.94. The molecule has 20 heavy (non-hydrogen) atoms. The highest BCUT2D eigenvalue weighted by atomic mass is 16.4. The first-order valence-corrected chi connectivity index (χ1v) is 7.00. The fraction of sp³-hybridized carbons (Fsp3) is 0.500. The van der Waals surface area contributed by atoms with E-state index in [2.05, 4.69) is 28.6 Å². The van der Waals surface area contributed by atoms with E-state index in [0.717, 1.165) is 31.9 Å². The number of nitrogens with one attached hydrogen (secondary N) is 1. The minimum Gasteiger partial charge on any atom is -0.408 e. The quantitative estimate of drug-likeness (QED) is 0.807. The van der Waals surface area contributed by atoms with Gasteiger partial charge in [0.2, 0.25) is 0 Å². The minimum atomic E-state index is -0.444. The standard InChI is InChI=1S/C14H20N4O2/c1-3-17-4-5-18(8-9(17)2)12-7-11-13(6-10(12)15)20-14(19)16-11/h6-7,9H,3-5,8,15H2,1-2H3,(H,16,19). The van der Waals surface area contributed by atoms with Crippen molar-refractivity contribution in [2.24, 2.45) is 0 Å². The summed E-state index contributed by atoms with van der Waals surface area (Å²) in [6, 6.07) is 4.12. The van der Waals surface area contributed by atoms with Gasteiger partial charge < -0.3 is 15.1 Å². The first kappa shape index (κ1) is 13.1. The van der Waals surface area contributed by atoms with Crippen molar-refractivity contribution in [1.29, 1.82) is 0 Å². The van der Waals surface area contributed by atoms with Gasteiger partial charge in [-0.15, -0.1) is 0 Å². The van der Waals surface area contributed by atoms with E-state index in [1.54, 1.807) is 6.07 Å². The number of benzene rings is 1. The molecule has 0 radical (unpaired) electrons. The van der Waals surface area contributed by atoms with Crippen LogP contribution >= 0.6 is 0 Å². The Morgan fingerprint density at radius 2 is 2.25 bits per heavy atom. The number of nitrogens with zero attached hydrogens (tertiary/aromatic N) is 2. The van der Waals surface area contributed by atoms with Crippen LogP contribution in [0.25, 0.3) is 11.1 Å². The highest BCUT2D eigenvalue weighted by molar-refractivity contribution is 5.85. The van der Waals surface area contributed by atoms with Gasteiger partial charge in [-0.25, -0.2) is 4.79 Å². The van der Waals surface area contributed by atoms with Crippen molar-refractivity contribution in [2.75, 3.05) is 36.8 Å². The molecule has 1 aliphatic heterocycles. The van der Waals surface area contributed by atoms with Crippen molar-refractivity contribution in [2.45, 2.75) is 19.9 Å². The lowest BCUT2D eigenvalue weighted by molar-refractivity contribution is 0.199. The number of oxazole rings is 1. The van der Waals surface area contributed by atoms with Crippen LogP contribution in [0.15, 0.2) is 21.3 Å². The lowest BCUT2D eigenvalue weighted by Crippen LogP contribution is -2.51. The van der Waals surface area contributed by atoms with Crippen LogP contribution < -0.4 is 16.4 Å². The number of piperazine rings is 1. The summed E-state index contributed by atoms with van der Waals surface area (Å²) in [5, 5.41) is 0. The molecular formula is C14H20N4O2. The van der Waals surface area contributed by atoms with Crippen molar-refractivity contribution in [3.8, 4) is 0 Å². The van der Waals surface area contributed by atoms with Crippen LogP contribution in [-0.4, -0.2) is 42.1 Å². The zero-order valence-electron chi connectivity index (χ0n) is 11.8. The first-order chi connectivity index (χ1) is 9.58. The van der Waals surface area contributed by atoms with E-state index in [9.17, 15) is 4.79 Å². The average molecular weight is 276 g/mol. The number of likely N-dealkylation sites (N-methyl/N-ethyl adjacent to an activating group) is 1. The third kappa shape index (κ3) is 2.16. The number of H-pyrrole nitrogens is 1. The molecule has 3 rings (SSSR count). The molecule has 2 heterocycles. The maximum Gasteiger partial charge on any atom is 0.417 e. The molecule has 0 saturated carbocycles. The number of anilines is 2. The summed E-state index contributed by atoms with van der Waals surface area (Å²) in [5.74, 6) is -0.444. The van der Waals surface area contributed by atoms with Gasteiger partial charge in [0.15, 0.2) is 5.58 Å². The fourth-order valence-corrected chi connectivity index (χ4v) is 2.96. The zero-order valence-corrected chi connectivity index (χ0v) is 11.8. The molecule has 108 valence electrons. The molecule has 1 atom stereocenters. The number of fused-ring (bicyclic) bond motifs is 1. The SMILES string of the molecule is CCN1CCN(c2cc3[nH]c(=O)oc3cc2N)CC1C. The van der Waals surface area contributed by atoms with Gasteiger partial charge in [0.25, 0.3) is 0 Å². The predicted molar refractivity (Wildman–Crippen MR) is 80.2 cm³/mol. The summed E-state index contributed by atoms with van der Waals surface area (Å²) in [6.07, 6.45) is 0. The summed E-state index contributed by atoms with van der Waals surface area (Å²) < 4.78 is 5.03. The molecule has 1 aromatic carbocycles. The highest BCUT2D eigenvalue weighted by Gasteiger charge is 2.24. The monoisotopic (exact) mass is 276 g/mol. The second-order valence-corrected chi connectivity index (χ2v) is 5.35. The molecule has 0 bridgehead atoms. The number of nitrogens with two attached hydrogens (primary N) is 1. The molecule has 1 saturated heterocycles.